The van der Waals surface area contributed by atoms with Crippen LogP contribution in [0.15, 0.2) is 0 Å². The van der Waals surface area contributed by atoms with Crippen LogP contribution in [0.5, 0.6) is 0 Å². The molecule has 0 spiro atoms. The Labute approximate surface area is 40.6 Å². The lowest BCUT2D eigenvalue weighted by atomic mass is 10.0. The Hall–Kier alpha value is 0. The van der Waals surface area contributed by atoms with Crippen molar-refractivity contribution in [2.75, 3.05) is 0 Å². The lowest BCUT2D eigenvalue weighted by Crippen LogP contribution is -1.95. The van der Waals surface area contributed by atoms with Crippen molar-refractivity contribution in [3.05, 3.63) is 0 Å². The lowest BCUT2D eigenvalue weighted by molar-refractivity contribution is 0.457. The molecule has 0 nitrogen and oxygen atoms in total. The highest BCUT2D eigenvalue weighted by Crippen LogP contribution is 2.05. The quantitative estimate of drug-likeness (QED) is 0.459. The van der Waals surface area contributed by atoms with Crippen LogP contribution in [0.1, 0.15) is 27.7 Å². The van der Waals surface area contributed by atoms with Gasteiger partial charge >= 0.3 is 0 Å². The van der Waals surface area contributed by atoms with E-state index in [4.69, 9.17) is 0 Å². The Morgan fingerprint density at radius 2 is 0.833 bits per heavy atom. The largest absolute Gasteiger partial charge is 0.0625 e. The second-order valence-electron chi connectivity index (χ2n) is 2.49. The summed E-state index contributed by atoms with van der Waals surface area (Å²) in [6, 6.07) is 0. The maximum atomic E-state index is 2.24. The van der Waals surface area contributed by atoms with Crippen LogP contribution in [0.3, 0.4) is 0 Å². The fourth-order valence-corrected chi connectivity index (χ4v) is 0. The van der Waals surface area contributed by atoms with E-state index in [1.165, 1.54) is 0 Å². The fourth-order valence-electron chi connectivity index (χ4n) is 0. The van der Waals surface area contributed by atoms with E-state index in [-0.39, 0.29) is 0 Å². The van der Waals surface area contributed by atoms with Crippen LogP contribution >= 0.6 is 0 Å². The molecule has 0 aromatic heterocycles. The molecule has 0 aliphatic rings. The summed E-state index contributed by atoms with van der Waals surface area (Å²) in [6.07, 6.45) is 0. The molecule has 6 heavy (non-hydrogen) atoms. The third-order valence-electron chi connectivity index (χ3n) is 1.33. The van der Waals surface area contributed by atoms with Gasteiger partial charge in [-0.2, -0.15) is 0 Å². The second-order valence-corrected chi connectivity index (χ2v) is 2.49. The smallest absolute Gasteiger partial charge is 0.0448 e. The van der Waals surface area contributed by atoms with Crippen molar-refractivity contribution in [1.29, 1.82) is 0 Å². The van der Waals surface area contributed by atoms with Gasteiger partial charge in [0.2, 0.25) is 0 Å². The van der Waals surface area contributed by atoms with E-state index in [0.29, 0.717) is 0 Å². The predicted molar refractivity (Wildman–Crippen MR) is 29.7 cm³/mol. The van der Waals surface area contributed by atoms with Gasteiger partial charge in [-0.1, -0.05) is 27.7 Å². The SMILES string of the molecule is CC(C)C(C)C. The molecule has 0 saturated heterocycles. The minimum Gasteiger partial charge on any atom is -0.0625 e. The first kappa shape index (κ1) is 6.00. The summed E-state index contributed by atoms with van der Waals surface area (Å²) < 4.78 is 0. The molecule has 0 aromatic rings. The maximum absolute atomic E-state index is 2.24. The first-order valence-corrected chi connectivity index (χ1v) is 2.64. The van der Waals surface area contributed by atoms with E-state index >= 15 is 0 Å². The summed E-state index contributed by atoms with van der Waals surface area (Å²) in [6.45, 7) is 8.96. The third-order valence-corrected chi connectivity index (χ3v) is 1.33. The van der Waals surface area contributed by atoms with E-state index < -0.39 is 0 Å². The molecular weight excluding hydrogens is 72.1 g/mol. The van der Waals surface area contributed by atoms with Crippen LogP contribution in [0.4, 0.5) is 0 Å². The Bertz CT molecular complexity index is 21.0. The van der Waals surface area contributed by atoms with Crippen molar-refractivity contribution in [2.45, 2.75) is 27.7 Å². The van der Waals surface area contributed by atoms with E-state index in [9.17, 15) is 0 Å². The van der Waals surface area contributed by atoms with Crippen molar-refractivity contribution in [3.63, 3.8) is 0 Å². The maximum Gasteiger partial charge on any atom is -0.0448 e. The first-order chi connectivity index (χ1) is 2.64. The molecule has 0 saturated carbocycles. The minimum atomic E-state index is 0.852. The van der Waals surface area contributed by atoms with Crippen molar-refractivity contribution < 1.29 is 0 Å². The van der Waals surface area contributed by atoms with Gasteiger partial charge in [0.15, 0.2) is 0 Å². The molecular formula is C6H14. The standard InChI is InChI=1S/C6H14/c1-5(2)6(3)4/h5-6H,1-4H3. The molecule has 0 N–H and O–H groups in total. The molecule has 0 rings (SSSR count). The van der Waals surface area contributed by atoms with Crippen LogP contribution in [-0.2, 0) is 0 Å². The highest BCUT2D eigenvalue weighted by atomic mass is 14.0. The van der Waals surface area contributed by atoms with Gasteiger partial charge < -0.3 is 0 Å². The van der Waals surface area contributed by atoms with Crippen LogP contribution in [0.25, 0.3) is 0 Å². The van der Waals surface area contributed by atoms with Gasteiger partial charge in [0.05, 0.1) is 0 Å². The molecule has 0 aliphatic heterocycles. The topological polar surface area (TPSA) is 0 Å². The molecule has 0 heteroatoms. The highest BCUT2D eigenvalue weighted by Gasteiger charge is 1.95. The third kappa shape index (κ3) is 2.25. The van der Waals surface area contributed by atoms with Gasteiger partial charge in [0.25, 0.3) is 0 Å². The Morgan fingerprint density at radius 3 is 0.833 bits per heavy atom. The lowest BCUT2D eigenvalue weighted by Gasteiger charge is -2.05. The summed E-state index contributed by atoms with van der Waals surface area (Å²) in [5.41, 5.74) is 0. The van der Waals surface area contributed by atoms with Gasteiger partial charge in [0.1, 0.15) is 0 Å². The van der Waals surface area contributed by atoms with Gasteiger partial charge in [-0.05, 0) is 11.8 Å². The molecule has 0 radical (unpaired) electrons. The zero-order valence-corrected chi connectivity index (χ0v) is 5.15. The van der Waals surface area contributed by atoms with E-state index in [1.807, 2.05) is 0 Å². The van der Waals surface area contributed by atoms with E-state index in [2.05, 4.69) is 27.7 Å². The first-order valence-electron chi connectivity index (χ1n) is 2.64. The van der Waals surface area contributed by atoms with Crippen molar-refractivity contribution in [2.24, 2.45) is 11.8 Å². The zero-order chi connectivity index (χ0) is 5.15. The molecule has 0 amide bonds. The zero-order valence-electron chi connectivity index (χ0n) is 5.15. The molecule has 0 atom stereocenters. The average Bonchev–Trinajstić information content (AvgIpc) is 1.36. The van der Waals surface area contributed by atoms with Gasteiger partial charge in [-0.25, -0.2) is 0 Å². The van der Waals surface area contributed by atoms with Crippen LogP contribution in [0, 0.1) is 11.8 Å². The predicted octanol–water partition coefficient (Wildman–Crippen LogP) is 2.30. The van der Waals surface area contributed by atoms with Crippen molar-refractivity contribution in [3.8, 4) is 0 Å². The van der Waals surface area contributed by atoms with Crippen molar-refractivity contribution >= 4 is 0 Å². The second kappa shape index (κ2) is 2.22. The van der Waals surface area contributed by atoms with E-state index in [0.717, 1.165) is 11.8 Å². The van der Waals surface area contributed by atoms with Crippen LogP contribution in [-0.4, -0.2) is 0 Å². The summed E-state index contributed by atoms with van der Waals surface area (Å²) in [7, 11) is 0. The number of hydrogen-bond donors (Lipinski definition) is 0. The normalized spacial score (nSPS) is 11.0. The summed E-state index contributed by atoms with van der Waals surface area (Å²) in [5.74, 6) is 1.70. The molecule has 0 fully saturated rings. The van der Waals surface area contributed by atoms with Crippen LogP contribution in [0.2, 0.25) is 0 Å². The average molecular weight is 86.2 g/mol. The number of rotatable bonds is 1. The summed E-state index contributed by atoms with van der Waals surface area (Å²) in [5, 5.41) is 0. The molecule has 0 bridgehead atoms. The monoisotopic (exact) mass is 86.1 g/mol. The van der Waals surface area contributed by atoms with Gasteiger partial charge in [-0.15, -0.1) is 0 Å². The Kier molecular flexibility index (Phi) is 2.22. The number of hydrogen-bond acceptors (Lipinski definition) is 0. The fraction of sp³-hybridized carbons (Fsp3) is 1.00. The van der Waals surface area contributed by atoms with Crippen LogP contribution < -0.4 is 0 Å². The molecule has 0 aliphatic carbocycles. The summed E-state index contributed by atoms with van der Waals surface area (Å²) in [4.78, 5) is 0. The highest BCUT2D eigenvalue weighted by molar-refractivity contribution is 4.46. The summed E-state index contributed by atoms with van der Waals surface area (Å²) >= 11 is 0. The molecule has 0 aromatic carbocycles. The molecule has 0 unspecified atom stereocenters. The molecule has 38 valence electrons. The Balaban J connectivity index is 2.99. The molecule has 0 heterocycles. The Morgan fingerprint density at radius 1 is 0.667 bits per heavy atom. The van der Waals surface area contributed by atoms with Gasteiger partial charge in [-0.3, -0.25) is 0 Å². The van der Waals surface area contributed by atoms with E-state index in [1.54, 1.807) is 0 Å². The van der Waals surface area contributed by atoms with Crippen molar-refractivity contribution in [1.82, 2.24) is 0 Å². The minimum absolute atomic E-state index is 0.852. The van der Waals surface area contributed by atoms with Gasteiger partial charge in [0, 0.05) is 0 Å².